The van der Waals surface area contributed by atoms with Crippen LogP contribution in [0.1, 0.15) is 55.7 Å². The standard InChI is InChI=1S/C26H34N2O2/c1-3-24(26(30)27-23-15-9-10-16-23)28(18-17-21-12-5-4-6-13-21)25(29)19-22-14-8-7-11-20(22)2/h4-8,11-14,23-24H,3,9-10,15-19H2,1-2H3,(H,27,30)/t24-/m1/s1. The third-order valence-electron chi connectivity index (χ3n) is 6.17. The van der Waals surface area contributed by atoms with Gasteiger partial charge in [-0.15, -0.1) is 0 Å². The third-order valence-corrected chi connectivity index (χ3v) is 6.17. The molecule has 0 aromatic heterocycles. The number of benzene rings is 2. The Bertz CT molecular complexity index is 828. The summed E-state index contributed by atoms with van der Waals surface area (Å²) in [5, 5.41) is 3.21. The molecule has 0 spiro atoms. The maximum atomic E-state index is 13.4. The lowest BCUT2D eigenvalue weighted by atomic mass is 10.0. The van der Waals surface area contributed by atoms with E-state index < -0.39 is 6.04 Å². The molecule has 2 aromatic rings. The molecule has 0 radical (unpaired) electrons. The van der Waals surface area contributed by atoms with Gasteiger partial charge in [-0.2, -0.15) is 0 Å². The van der Waals surface area contributed by atoms with Gasteiger partial charge in [-0.25, -0.2) is 0 Å². The van der Waals surface area contributed by atoms with Crippen molar-refractivity contribution in [2.75, 3.05) is 6.54 Å². The summed E-state index contributed by atoms with van der Waals surface area (Å²) in [6.45, 7) is 4.57. The van der Waals surface area contributed by atoms with Crippen molar-refractivity contribution in [2.45, 2.75) is 70.9 Å². The first-order valence-electron chi connectivity index (χ1n) is 11.3. The van der Waals surface area contributed by atoms with Crippen molar-refractivity contribution < 1.29 is 9.59 Å². The number of rotatable bonds is 9. The summed E-state index contributed by atoms with van der Waals surface area (Å²) in [4.78, 5) is 28.3. The van der Waals surface area contributed by atoms with Crippen molar-refractivity contribution in [1.82, 2.24) is 10.2 Å². The van der Waals surface area contributed by atoms with Crippen LogP contribution < -0.4 is 5.32 Å². The van der Waals surface area contributed by atoms with Gasteiger partial charge in [0.2, 0.25) is 11.8 Å². The van der Waals surface area contributed by atoms with Crippen LogP contribution in [0.2, 0.25) is 0 Å². The highest BCUT2D eigenvalue weighted by Gasteiger charge is 2.30. The Morgan fingerprint density at radius 2 is 1.70 bits per heavy atom. The zero-order chi connectivity index (χ0) is 21.3. The number of hydrogen-bond acceptors (Lipinski definition) is 2. The van der Waals surface area contributed by atoms with E-state index in [1.165, 1.54) is 18.4 Å². The highest BCUT2D eigenvalue weighted by molar-refractivity contribution is 5.88. The summed E-state index contributed by atoms with van der Waals surface area (Å²) >= 11 is 0. The number of carbonyl (C=O) groups is 2. The zero-order valence-corrected chi connectivity index (χ0v) is 18.3. The molecule has 3 rings (SSSR count). The quantitative estimate of drug-likeness (QED) is 0.669. The van der Waals surface area contributed by atoms with Crippen LogP contribution >= 0.6 is 0 Å². The van der Waals surface area contributed by atoms with E-state index in [1.54, 1.807) is 0 Å². The minimum absolute atomic E-state index is 0.00408. The predicted molar refractivity (Wildman–Crippen MR) is 121 cm³/mol. The van der Waals surface area contributed by atoms with Crippen LogP contribution in [-0.2, 0) is 22.4 Å². The number of carbonyl (C=O) groups excluding carboxylic acids is 2. The molecule has 1 N–H and O–H groups in total. The van der Waals surface area contributed by atoms with Gasteiger partial charge in [0.1, 0.15) is 6.04 Å². The van der Waals surface area contributed by atoms with Crippen LogP contribution in [0, 0.1) is 6.92 Å². The van der Waals surface area contributed by atoms with E-state index >= 15 is 0 Å². The molecular formula is C26H34N2O2. The largest absolute Gasteiger partial charge is 0.352 e. The fourth-order valence-corrected chi connectivity index (χ4v) is 4.34. The third kappa shape index (κ3) is 5.94. The molecule has 1 saturated carbocycles. The first kappa shape index (κ1) is 22.1. The molecule has 0 bridgehead atoms. The monoisotopic (exact) mass is 406 g/mol. The van der Waals surface area contributed by atoms with Gasteiger partial charge in [-0.05, 0) is 49.3 Å². The lowest BCUT2D eigenvalue weighted by molar-refractivity contribution is -0.140. The molecule has 2 amide bonds. The molecule has 4 heteroatoms. The van der Waals surface area contributed by atoms with E-state index in [0.717, 1.165) is 30.4 Å². The van der Waals surface area contributed by atoms with Crippen molar-refractivity contribution >= 4 is 11.8 Å². The van der Waals surface area contributed by atoms with E-state index in [2.05, 4.69) is 17.4 Å². The fourth-order valence-electron chi connectivity index (χ4n) is 4.34. The van der Waals surface area contributed by atoms with E-state index in [9.17, 15) is 9.59 Å². The topological polar surface area (TPSA) is 49.4 Å². The average Bonchev–Trinajstić information content (AvgIpc) is 3.26. The molecule has 0 aliphatic heterocycles. The summed E-state index contributed by atoms with van der Waals surface area (Å²) < 4.78 is 0. The van der Waals surface area contributed by atoms with Crippen molar-refractivity contribution in [1.29, 1.82) is 0 Å². The Labute approximate surface area is 180 Å². The number of nitrogens with one attached hydrogen (secondary N) is 1. The Kier molecular flexibility index (Phi) is 8.06. The highest BCUT2D eigenvalue weighted by Crippen LogP contribution is 2.19. The first-order valence-corrected chi connectivity index (χ1v) is 11.3. The Morgan fingerprint density at radius 1 is 1.03 bits per heavy atom. The maximum absolute atomic E-state index is 13.4. The summed E-state index contributed by atoms with van der Waals surface area (Å²) in [6, 6.07) is 18.0. The van der Waals surface area contributed by atoms with Crippen LogP contribution in [-0.4, -0.2) is 35.3 Å². The molecule has 1 atom stereocenters. The summed E-state index contributed by atoms with van der Waals surface area (Å²) in [7, 11) is 0. The number of amides is 2. The van der Waals surface area contributed by atoms with Gasteiger partial charge in [0.25, 0.3) is 0 Å². The Morgan fingerprint density at radius 3 is 2.37 bits per heavy atom. The molecule has 2 aromatic carbocycles. The summed E-state index contributed by atoms with van der Waals surface area (Å²) in [5.74, 6) is 0.0178. The van der Waals surface area contributed by atoms with Crippen LogP contribution in [0.15, 0.2) is 54.6 Å². The molecule has 0 unspecified atom stereocenters. The van der Waals surface area contributed by atoms with E-state index in [-0.39, 0.29) is 17.9 Å². The normalized spacial score (nSPS) is 15.0. The molecule has 1 aliphatic carbocycles. The lowest BCUT2D eigenvalue weighted by Gasteiger charge is -2.31. The van der Waals surface area contributed by atoms with Gasteiger partial charge in [0, 0.05) is 12.6 Å². The van der Waals surface area contributed by atoms with E-state index in [0.29, 0.717) is 19.4 Å². The van der Waals surface area contributed by atoms with Crippen LogP contribution in [0.3, 0.4) is 0 Å². The van der Waals surface area contributed by atoms with E-state index in [1.807, 2.05) is 61.2 Å². The van der Waals surface area contributed by atoms with Gasteiger partial charge in [-0.3, -0.25) is 9.59 Å². The first-order chi connectivity index (χ1) is 14.6. The number of nitrogens with zero attached hydrogens (tertiary/aromatic N) is 1. The highest BCUT2D eigenvalue weighted by atomic mass is 16.2. The van der Waals surface area contributed by atoms with Crippen molar-refractivity contribution in [3.63, 3.8) is 0 Å². The molecule has 0 saturated heterocycles. The summed E-state index contributed by atoms with van der Waals surface area (Å²) in [5.41, 5.74) is 3.31. The van der Waals surface area contributed by atoms with Crippen molar-refractivity contribution in [3.05, 3.63) is 71.3 Å². The van der Waals surface area contributed by atoms with Crippen molar-refractivity contribution in [3.8, 4) is 0 Å². The maximum Gasteiger partial charge on any atom is 0.243 e. The Balaban J connectivity index is 1.76. The predicted octanol–water partition coefficient (Wildman–Crippen LogP) is 4.45. The second kappa shape index (κ2) is 11.0. The van der Waals surface area contributed by atoms with Gasteiger partial charge < -0.3 is 10.2 Å². The Hall–Kier alpha value is -2.62. The van der Waals surface area contributed by atoms with Crippen LogP contribution in [0.4, 0.5) is 0 Å². The smallest absolute Gasteiger partial charge is 0.243 e. The fraction of sp³-hybridized carbons (Fsp3) is 0.462. The SMILES string of the molecule is CC[C@H](C(=O)NC1CCCC1)N(CCc1ccccc1)C(=O)Cc1ccccc1C. The molecular weight excluding hydrogens is 372 g/mol. The van der Waals surface area contributed by atoms with Gasteiger partial charge in [-0.1, -0.05) is 74.4 Å². The number of aryl methyl sites for hydroxylation is 1. The molecule has 1 aliphatic rings. The average molecular weight is 407 g/mol. The molecule has 160 valence electrons. The van der Waals surface area contributed by atoms with Gasteiger partial charge >= 0.3 is 0 Å². The minimum Gasteiger partial charge on any atom is -0.352 e. The van der Waals surface area contributed by atoms with Gasteiger partial charge in [0.05, 0.1) is 6.42 Å². The van der Waals surface area contributed by atoms with Gasteiger partial charge in [0.15, 0.2) is 0 Å². The lowest BCUT2D eigenvalue weighted by Crippen LogP contribution is -2.52. The zero-order valence-electron chi connectivity index (χ0n) is 18.3. The summed E-state index contributed by atoms with van der Waals surface area (Å²) in [6.07, 6.45) is 6.12. The molecule has 30 heavy (non-hydrogen) atoms. The molecule has 1 fully saturated rings. The second-order valence-corrected chi connectivity index (χ2v) is 8.34. The van der Waals surface area contributed by atoms with E-state index in [4.69, 9.17) is 0 Å². The minimum atomic E-state index is -0.425. The molecule has 4 nitrogen and oxygen atoms in total. The second-order valence-electron chi connectivity index (χ2n) is 8.34. The van der Waals surface area contributed by atoms with Crippen molar-refractivity contribution in [2.24, 2.45) is 0 Å². The molecule has 0 heterocycles. The number of hydrogen-bond donors (Lipinski definition) is 1. The van der Waals surface area contributed by atoms with Crippen LogP contribution in [0.5, 0.6) is 0 Å². The van der Waals surface area contributed by atoms with Crippen LogP contribution in [0.25, 0.3) is 0 Å².